The highest BCUT2D eigenvalue weighted by molar-refractivity contribution is 5.95. The number of benzene rings is 2. The fourth-order valence-electron chi connectivity index (χ4n) is 3.66. The molecule has 2 unspecified atom stereocenters. The number of hydrogen-bond acceptors (Lipinski definition) is 2. The fraction of sp³-hybridized carbons (Fsp3) is 0.391. The zero-order chi connectivity index (χ0) is 19.9. The number of urea groups is 1. The van der Waals surface area contributed by atoms with Crippen LogP contribution in [0.5, 0.6) is 0 Å². The third-order valence-corrected chi connectivity index (χ3v) is 5.36. The molecule has 148 valence electrons. The van der Waals surface area contributed by atoms with Crippen molar-refractivity contribution in [1.29, 1.82) is 0 Å². The van der Waals surface area contributed by atoms with Crippen LogP contribution in [-0.2, 0) is 6.54 Å². The lowest BCUT2D eigenvalue weighted by atomic mass is 9.90. The lowest BCUT2D eigenvalue weighted by Gasteiger charge is -2.33. The van der Waals surface area contributed by atoms with Gasteiger partial charge in [0, 0.05) is 18.2 Å². The Bertz CT molecular complexity index is 817. The van der Waals surface area contributed by atoms with Gasteiger partial charge in [0.2, 0.25) is 0 Å². The second-order valence-electron chi connectivity index (χ2n) is 7.60. The van der Waals surface area contributed by atoms with Crippen molar-refractivity contribution < 1.29 is 9.59 Å². The van der Waals surface area contributed by atoms with E-state index in [0.29, 0.717) is 12.1 Å². The zero-order valence-corrected chi connectivity index (χ0v) is 16.6. The van der Waals surface area contributed by atoms with Crippen LogP contribution in [0.1, 0.15) is 52.7 Å². The topological polar surface area (TPSA) is 70.2 Å². The van der Waals surface area contributed by atoms with Crippen LogP contribution in [0.4, 0.5) is 4.79 Å². The van der Waals surface area contributed by atoms with E-state index in [-0.39, 0.29) is 24.0 Å². The summed E-state index contributed by atoms with van der Waals surface area (Å²) in [5.74, 6) is -0.0723. The summed E-state index contributed by atoms with van der Waals surface area (Å²) in [4.78, 5) is 25.0. The Balaban J connectivity index is 1.55. The molecule has 0 radical (unpaired) electrons. The molecule has 0 spiro atoms. The highest BCUT2D eigenvalue weighted by Gasteiger charge is 2.28. The number of rotatable bonds is 5. The van der Waals surface area contributed by atoms with Gasteiger partial charge in [0.25, 0.3) is 5.91 Å². The Morgan fingerprint density at radius 3 is 2.21 bits per heavy atom. The van der Waals surface area contributed by atoms with Gasteiger partial charge in [-0.2, -0.15) is 0 Å². The number of nitrogens with one attached hydrogen (secondary N) is 3. The number of hydrogen-bond donors (Lipinski definition) is 3. The molecule has 5 nitrogen and oxygen atoms in total. The van der Waals surface area contributed by atoms with E-state index < -0.39 is 0 Å². The molecule has 0 heterocycles. The molecule has 0 aromatic heterocycles. The SMILES string of the molecule is Cc1ccc(CNC(=O)NC2CCCCC2NC(=O)c2ccccc2C)cc1. The van der Waals surface area contributed by atoms with Gasteiger partial charge < -0.3 is 16.0 Å². The smallest absolute Gasteiger partial charge is 0.315 e. The molecule has 1 aliphatic carbocycles. The van der Waals surface area contributed by atoms with Crippen molar-refractivity contribution in [2.24, 2.45) is 0 Å². The van der Waals surface area contributed by atoms with Crippen molar-refractivity contribution in [2.75, 3.05) is 0 Å². The summed E-state index contributed by atoms with van der Waals surface area (Å²) in [6, 6.07) is 15.4. The van der Waals surface area contributed by atoms with Crippen LogP contribution in [0, 0.1) is 13.8 Å². The minimum atomic E-state index is -0.192. The minimum absolute atomic E-state index is 0.0500. The molecular weight excluding hydrogens is 350 g/mol. The first kappa shape index (κ1) is 19.9. The molecule has 1 fully saturated rings. The summed E-state index contributed by atoms with van der Waals surface area (Å²) >= 11 is 0. The molecule has 3 amide bonds. The highest BCUT2D eigenvalue weighted by Crippen LogP contribution is 2.19. The molecule has 0 saturated heterocycles. The van der Waals surface area contributed by atoms with Crippen molar-refractivity contribution in [3.05, 3.63) is 70.8 Å². The van der Waals surface area contributed by atoms with E-state index in [1.165, 1.54) is 5.56 Å². The maximum absolute atomic E-state index is 12.7. The van der Waals surface area contributed by atoms with Crippen molar-refractivity contribution in [3.63, 3.8) is 0 Å². The van der Waals surface area contributed by atoms with Crippen LogP contribution in [-0.4, -0.2) is 24.0 Å². The molecule has 0 bridgehead atoms. The van der Waals surface area contributed by atoms with Crippen LogP contribution in [0.15, 0.2) is 48.5 Å². The zero-order valence-electron chi connectivity index (χ0n) is 16.6. The largest absolute Gasteiger partial charge is 0.347 e. The summed E-state index contributed by atoms with van der Waals surface area (Å²) in [5, 5.41) is 9.10. The Labute approximate surface area is 166 Å². The number of amides is 3. The average Bonchev–Trinajstić information content (AvgIpc) is 2.69. The van der Waals surface area contributed by atoms with Gasteiger partial charge in [0.1, 0.15) is 0 Å². The molecule has 1 aliphatic rings. The number of carbonyl (C=O) groups excluding carboxylic acids is 2. The van der Waals surface area contributed by atoms with E-state index in [4.69, 9.17) is 0 Å². The van der Waals surface area contributed by atoms with Crippen LogP contribution in [0.25, 0.3) is 0 Å². The molecule has 0 aliphatic heterocycles. The number of carbonyl (C=O) groups is 2. The molecule has 5 heteroatoms. The third-order valence-electron chi connectivity index (χ3n) is 5.36. The lowest BCUT2D eigenvalue weighted by molar-refractivity contribution is 0.0915. The van der Waals surface area contributed by atoms with Crippen LogP contribution in [0.2, 0.25) is 0 Å². The predicted molar refractivity (Wildman–Crippen MR) is 111 cm³/mol. The summed E-state index contributed by atoms with van der Waals surface area (Å²) < 4.78 is 0. The molecular formula is C23H29N3O2. The second kappa shape index (κ2) is 9.40. The van der Waals surface area contributed by atoms with Gasteiger partial charge in [-0.3, -0.25) is 4.79 Å². The first-order chi connectivity index (χ1) is 13.5. The Morgan fingerprint density at radius 2 is 1.54 bits per heavy atom. The Kier molecular flexibility index (Phi) is 6.69. The first-order valence-corrected chi connectivity index (χ1v) is 9.99. The van der Waals surface area contributed by atoms with Crippen molar-refractivity contribution in [2.45, 2.75) is 58.2 Å². The maximum Gasteiger partial charge on any atom is 0.315 e. The monoisotopic (exact) mass is 379 g/mol. The average molecular weight is 380 g/mol. The summed E-state index contributed by atoms with van der Waals surface area (Å²) in [6.07, 6.45) is 3.86. The van der Waals surface area contributed by atoms with E-state index in [9.17, 15) is 9.59 Å². The van der Waals surface area contributed by atoms with Gasteiger partial charge in [-0.25, -0.2) is 4.79 Å². The van der Waals surface area contributed by atoms with E-state index in [2.05, 4.69) is 16.0 Å². The molecule has 3 N–H and O–H groups in total. The van der Waals surface area contributed by atoms with Gasteiger partial charge >= 0.3 is 6.03 Å². The van der Waals surface area contributed by atoms with Crippen molar-refractivity contribution in [3.8, 4) is 0 Å². The molecule has 2 aromatic carbocycles. The van der Waals surface area contributed by atoms with Crippen LogP contribution in [0.3, 0.4) is 0 Å². The quantitative estimate of drug-likeness (QED) is 0.739. The fourth-order valence-corrected chi connectivity index (χ4v) is 3.66. The minimum Gasteiger partial charge on any atom is -0.347 e. The molecule has 3 rings (SSSR count). The standard InChI is InChI=1S/C23H29N3O2/c1-16-11-13-18(14-12-16)15-24-23(28)26-21-10-6-5-9-20(21)25-22(27)19-8-4-3-7-17(19)2/h3-4,7-8,11-14,20-21H,5-6,9-10,15H2,1-2H3,(H,25,27)(H2,24,26,28). The molecule has 2 aromatic rings. The van der Waals surface area contributed by atoms with Gasteiger partial charge in [-0.15, -0.1) is 0 Å². The van der Waals surface area contributed by atoms with Crippen molar-refractivity contribution in [1.82, 2.24) is 16.0 Å². The van der Waals surface area contributed by atoms with Gasteiger partial charge in [-0.1, -0.05) is 60.9 Å². The second-order valence-corrected chi connectivity index (χ2v) is 7.60. The summed E-state index contributed by atoms with van der Waals surface area (Å²) in [7, 11) is 0. The van der Waals surface area contributed by atoms with E-state index in [1.54, 1.807) is 0 Å². The summed E-state index contributed by atoms with van der Waals surface area (Å²) in [6.45, 7) is 4.46. The third kappa shape index (κ3) is 5.35. The molecule has 2 atom stereocenters. The molecule has 1 saturated carbocycles. The lowest BCUT2D eigenvalue weighted by Crippen LogP contribution is -2.55. The predicted octanol–water partition coefficient (Wildman–Crippen LogP) is 3.84. The van der Waals surface area contributed by atoms with Crippen molar-refractivity contribution >= 4 is 11.9 Å². The highest BCUT2D eigenvalue weighted by atomic mass is 16.2. The van der Waals surface area contributed by atoms with Crippen LogP contribution >= 0.6 is 0 Å². The van der Waals surface area contributed by atoms with E-state index in [1.807, 2.05) is 62.4 Å². The Morgan fingerprint density at radius 1 is 0.893 bits per heavy atom. The normalized spacial score (nSPS) is 18.9. The summed E-state index contributed by atoms with van der Waals surface area (Å²) in [5.41, 5.74) is 3.91. The number of aryl methyl sites for hydroxylation is 2. The maximum atomic E-state index is 12.7. The van der Waals surface area contributed by atoms with E-state index in [0.717, 1.165) is 36.8 Å². The van der Waals surface area contributed by atoms with E-state index >= 15 is 0 Å². The Hall–Kier alpha value is -2.82. The van der Waals surface area contributed by atoms with Crippen LogP contribution < -0.4 is 16.0 Å². The van der Waals surface area contributed by atoms with Gasteiger partial charge in [-0.05, 0) is 43.9 Å². The van der Waals surface area contributed by atoms with Gasteiger partial charge in [0.05, 0.1) is 6.04 Å². The molecule has 28 heavy (non-hydrogen) atoms. The van der Waals surface area contributed by atoms with Gasteiger partial charge in [0.15, 0.2) is 0 Å². The first-order valence-electron chi connectivity index (χ1n) is 9.99.